The van der Waals surface area contributed by atoms with Gasteiger partial charge in [-0.15, -0.1) is 0 Å². The van der Waals surface area contributed by atoms with Gasteiger partial charge in [0.15, 0.2) is 0 Å². The second-order valence-corrected chi connectivity index (χ2v) is 13.5. The summed E-state index contributed by atoms with van der Waals surface area (Å²) < 4.78 is 16.9. The number of hydrogen-bond acceptors (Lipinski definition) is 7. The molecule has 0 N–H and O–H groups in total. The Morgan fingerprint density at radius 2 is 1.71 bits per heavy atom. The molecule has 0 aliphatic carbocycles. The molecule has 1 aromatic heterocycles. The number of rotatable bonds is 7. The van der Waals surface area contributed by atoms with Gasteiger partial charge >= 0.3 is 11.9 Å². The normalized spacial score (nSPS) is 21.1. The average molecular weight is 567 g/mol. The number of methoxy groups -OCH3 is 2. The maximum absolute atomic E-state index is 14.7. The van der Waals surface area contributed by atoms with Gasteiger partial charge in [-0.2, -0.15) is 0 Å². The van der Waals surface area contributed by atoms with Crippen LogP contribution in [0.1, 0.15) is 101 Å². The molecular formula is C33H46N2O6. The van der Waals surface area contributed by atoms with Crippen molar-refractivity contribution in [3.05, 3.63) is 58.9 Å². The Bertz CT molecular complexity index is 1270. The molecule has 8 heteroatoms. The number of carbonyl (C=O) groups excluding carboxylic acids is 3. The fourth-order valence-electron chi connectivity index (χ4n) is 5.77. The summed E-state index contributed by atoms with van der Waals surface area (Å²) in [5.41, 5.74) is 0.257. The summed E-state index contributed by atoms with van der Waals surface area (Å²) in [7, 11) is 2.89. The van der Waals surface area contributed by atoms with Crippen molar-refractivity contribution in [3.8, 4) is 5.75 Å². The second kappa shape index (κ2) is 11.8. The van der Waals surface area contributed by atoms with E-state index in [9.17, 15) is 14.4 Å². The van der Waals surface area contributed by atoms with E-state index in [0.29, 0.717) is 23.4 Å². The van der Waals surface area contributed by atoms with Gasteiger partial charge in [0.05, 0.1) is 31.9 Å². The summed E-state index contributed by atoms with van der Waals surface area (Å²) in [5.74, 6) is -1.73. The Labute approximate surface area is 244 Å². The Hall–Kier alpha value is -3.42. The van der Waals surface area contributed by atoms with Gasteiger partial charge in [0.1, 0.15) is 16.9 Å². The molecule has 0 spiro atoms. The van der Waals surface area contributed by atoms with Gasteiger partial charge in [-0.05, 0) is 81.2 Å². The summed E-state index contributed by atoms with van der Waals surface area (Å²) in [6.45, 7) is 17.5. The van der Waals surface area contributed by atoms with Crippen LogP contribution < -0.4 is 4.74 Å². The number of esters is 2. The van der Waals surface area contributed by atoms with E-state index < -0.39 is 40.9 Å². The lowest BCUT2D eigenvalue weighted by Gasteiger charge is -2.41. The van der Waals surface area contributed by atoms with Crippen LogP contribution in [0.5, 0.6) is 5.75 Å². The van der Waals surface area contributed by atoms with Crippen LogP contribution in [0, 0.1) is 18.8 Å². The lowest BCUT2D eigenvalue weighted by molar-refractivity contribution is -0.168. The first-order valence-electron chi connectivity index (χ1n) is 14.2. The summed E-state index contributed by atoms with van der Waals surface area (Å²) in [4.78, 5) is 48.5. The Balaban J connectivity index is 2.34. The Kier molecular flexibility index (Phi) is 9.26. The highest BCUT2D eigenvalue weighted by Crippen LogP contribution is 2.51. The van der Waals surface area contributed by atoms with E-state index in [1.54, 1.807) is 57.2 Å². The molecular weight excluding hydrogens is 520 g/mol. The van der Waals surface area contributed by atoms with E-state index in [4.69, 9.17) is 14.2 Å². The molecule has 1 aliphatic rings. The first-order chi connectivity index (χ1) is 18.9. The molecule has 3 atom stereocenters. The van der Waals surface area contributed by atoms with Crippen LogP contribution in [0.25, 0.3) is 0 Å². The number of aromatic nitrogens is 1. The number of ether oxygens (including phenoxy) is 3. The quantitative estimate of drug-likeness (QED) is 0.368. The van der Waals surface area contributed by atoms with Crippen molar-refractivity contribution in [2.45, 2.75) is 97.8 Å². The molecule has 224 valence electrons. The number of carbonyl (C=O) groups is 3. The number of hydrogen-bond donors (Lipinski definition) is 0. The molecule has 0 unspecified atom stereocenters. The van der Waals surface area contributed by atoms with Crippen LogP contribution >= 0.6 is 0 Å². The Morgan fingerprint density at radius 3 is 2.20 bits per heavy atom. The molecule has 0 saturated carbocycles. The predicted molar refractivity (Wildman–Crippen MR) is 158 cm³/mol. The number of aryl methyl sites for hydroxylation is 1. The minimum Gasteiger partial charge on any atom is -0.496 e. The van der Waals surface area contributed by atoms with E-state index in [0.717, 1.165) is 11.1 Å². The zero-order valence-corrected chi connectivity index (χ0v) is 26.5. The van der Waals surface area contributed by atoms with E-state index in [1.807, 2.05) is 32.9 Å². The van der Waals surface area contributed by atoms with Gasteiger partial charge in [0.2, 0.25) is 0 Å². The van der Waals surface area contributed by atoms with Crippen molar-refractivity contribution in [2.75, 3.05) is 14.2 Å². The van der Waals surface area contributed by atoms with E-state index in [-0.39, 0.29) is 17.8 Å². The fourth-order valence-corrected chi connectivity index (χ4v) is 5.77. The van der Waals surface area contributed by atoms with Gasteiger partial charge in [0.25, 0.3) is 5.91 Å². The zero-order chi connectivity index (χ0) is 30.9. The van der Waals surface area contributed by atoms with Gasteiger partial charge < -0.3 is 19.1 Å². The van der Waals surface area contributed by atoms with E-state index in [2.05, 4.69) is 25.8 Å². The van der Waals surface area contributed by atoms with Crippen molar-refractivity contribution < 1.29 is 28.6 Å². The molecule has 3 rings (SSSR count). The van der Waals surface area contributed by atoms with Gasteiger partial charge in [-0.3, -0.25) is 14.6 Å². The monoisotopic (exact) mass is 566 g/mol. The number of nitrogens with zero attached hydrogens (tertiary/aromatic N) is 2. The third kappa shape index (κ3) is 6.74. The summed E-state index contributed by atoms with van der Waals surface area (Å²) in [5, 5.41) is 0. The Morgan fingerprint density at radius 1 is 1.05 bits per heavy atom. The van der Waals surface area contributed by atoms with Crippen LogP contribution in [-0.2, 0) is 24.5 Å². The average Bonchev–Trinajstić information content (AvgIpc) is 3.21. The van der Waals surface area contributed by atoms with Crippen LogP contribution in [0.3, 0.4) is 0 Å². The van der Waals surface area contributed by atoms with Gasteiger partial charge in [-0.25, -0.2) is 4.79 Å². The standard InChI is InChI=1S/C33H46N2O6/c1-20(2)17-33(30(38)41-32(7,8)9)18-23(29(37)40-11)27(25-15-12-21(3)19-34-25)35(33)28(36)22-13-14-24(31(4,5)6)26(16-22)39-10/h12-16,19-20,23,27H,17-18H2,1-11H3/t23-,27+,33-/m0/s1. The van der Waals surface area contributed by atoms with E-state index >= 15 is 0 Å². The van der Waals surface area contributed by atoms with Crippen molar-refractivity contribution in [2.24, 2.45) is 11.8 Å². The number of pyridine rings is 1. The van der Waals surface area contributed by atoms with Crippen LogP contribution in [-0.4, -0.2) is 53.1 Å². The molecule has 1 saturated heterocycles. The number of benzene rings is 1. The highest BCUT2D eigenvalue weighted by atomic mass is 16.6. The summed E-state index contributed by atoms with van der Waals surface area (Å²) in [6.07, 6.45) is 2.04. The van der Waals surface area contributed by atoms with Crippen molar-refractivity contribution in [1.29, 1.82) is 0 Å². The first-order valence-corrected chi connectivity index (χ1v) is 14.2. The summed E-state index contributed by atoms with van der Waals surface area (Å²) in [6, 6.07) is 8.19. The molecule has 2 heterocycles. The maximum atomic E-state index is 14.7. The van der Waals surface area contributed by atoms with Crippen LogP contribution in [0.15, 0.2) is 36.5 Å². The molecule has 1 fully saturated rings. The van der Waals surface area contributed by atoms with Crippen molar-refractivity contribution in [3.63, 3.8) is 0 Å². The maximum Gasteiger partial charge on any atom is 0.332 e. The fraction of sp³-hybridized carbons (Fsp3) is 0.576. The second-order valence-electron chi connectivity index (χ2n) is 13.5. The van der Waals surface area contributed by atoms with Crippen LogP contribution in [0.2, 0.25) is 0 Å². The highest BCUT2D eigenvalue weighted by Gasteiger charge is 2.62. The summed E-state index contributed by atoms with van der Waals surface area (Å²) >= 11 is 0. The highest BCUT2D eigenvalue weighted by molar-refractivity contribution is 6.00. The SMILES string of the molecule is COC(=O)[C@H]1C[C@@](CC(C)C)(C(=O)OC(C)(C)C)N(C(=O)c2ccc(C(C)(C)C)c(OC)c2)[C@H]1c1ccc(C)cn1. The zero-order valence-electron chi connectivity index (χ0n) is 26.5. The molecule has 2 aromatic rings. The molecule has 0 radical (unpaired) electrons. The lowest BCUT2D eigenvalue weighted by Crippen LogP contribution is -2.56. The lowest BCUT2D eigenvalue weighted by atomic mass is 9.83. The van der Waals surface area contributed by atoms with Gasteiger partial charge in [-0.1, -0.05) is 46.8 Å². The van der Waals surface area contributed by atoms with Crippen molar-refractivity contribution >= 4 is 17.8 Å². The van der Waals surface area contributed by atoms with Crippen molar-refractivity contribution in [1.82, 2.24) is 9.88 Å². The minimum absolute atomic E-state index is 0.00125. The molecule has 1 aliphatic heterocycles. The third-order valence-electron chi connectivity index (χ3n) is 7.42. The topological polar surface area (TPSA) is 95.0 Å². The first kappa shape index (κ1) is 32.1. The van der Waals surface area contributed by atoms with Crippen LogP contribution in [0.4, 0.5) is 0 Å². The number of amides is 1. The predicted octanol–water partition coefficient (Wildman–Crippen LogP) is 6.20. The largest absolute Gasteiger partial charge is 0.496 e. The molecule has 1 aromatic carbocycles. The third-order valence-corrected chi connectivity index (χ3v) is 7.42. The van der Waals surface area contributed by atoms with E-state index in [1.165, 1.54) is 7.11 Å². The van der Waals surface area contributed by atoms with Gasteiger partial charge in [0, 0.05) is 11.8 Å². The molecule has 41 heavy (non-hydrogen) atoms. The smallest absolute Gasteiger partial charge is 0.332 e. The molecule has 8 nitrogen and oxygen atoms in total. The molecule has 1 amide bonds. The minimum atomic E-state index is -1.44. The number of likely N-dealkylation sites (tertiary alicyclic amines) is 1. The molecule has 0 bridgehead atoms.